The van der Waals surface area contributed by atoms with Gasteiger partial charge in [-0.3, -0.25) is 4.90 Å². The molecule has 2 N–H and O–H groups in total. The molecule has 118 valence electrons. The van der Waals surface area contributed by atoms with E-state index in [4.69, 9.17) is 15.2 Å². The molecule has 0 spiro atoms. The number of rotatable bonds is 6. The van der Waals surface area contributed by atoms with E-state index in [0.717, 1.165) is 49.8 Å². The first-order chi connectivity index (χ1) is 10.1. The van der Waals surface area contributed by atoms with E-state index < -0.39 is 0 Å². The van der Waals surface area contributed by atoms with Crippen LogP contribution in [0.5, 0.6) is 11.5 Å². The third-order valence-electron chi connectivity index (χ3n) is 3.97. The Morgan fingerprint density at radius 2 is 1.95 bits per heavy atom. The van der Waals surface area contributed by atoms with E-state index in [2.05, 4.69) is 16.8 Å². The zero-order valence-electron chi connectivity index (χ0n) is 13.3. The summed E-state index contributed by atoms with van der Waals surface area (Å²) in [6, 6.07) is 5.78. The van der Waals surface area contributed by atoms with Crippen molar-refractivity contribution >= 4 is 0 Å². The topological polar surface area (TPSA) is 51.0 Å². The maximum absolute atomic E-state index is 6.00. The van der Waals surface area contributed by atoms with Crippen LogP contribution in [0.25, 0.3) is 0 Å². The molecule has 21 heavy (non-hydrogen) atoms. The van der Waals surface area contributed by atoms with Crippen molar-refractivity contribution in [3.05, 3.63) is 23.8 Å². The van der Waals surface area contributed by atoms with Crippen LogP contribution in [0.2, 0.25) is 0 Å². The molecule has 5 heteroatoms. The number of likely N-dealkylation sites (N-methyl/N-ethyl adjacent to an activating group) is 1. The van der Waals surface area contributed by atoms with Crippen molar-refractivity contribution in [2.45, 2.75) is 13.0 Å². The molecule has 1 aromatic carbocycles. The smallest absolute Gasteiger partial charge is 0.127 e. The molecule has 0 unspecified atom stereocenters. The Balaban J connectivity index is 1.89. The minimum atomic E-state index is -0.0467. The van der Waals surface area contributed by atoms with Gasteiger partial charge in [-0.2, -0.15) is 0 Å². The van der Waals surface area contributed by atoms with Gasteiger partial charge in [-0.05, 0) is 20.0 Å². The normalized spacial score (nSPS) is 18.5. The van der Waals surface area contributed by atoms with Gasteiger partial charge in [-0.25, -0.2) is 0 Å². The zero-order valence-corrected chi connectivity index (χ0v) is 13.3. The van der Waals surface area contributed by atoms with E-state index in [0.29, 0.717) is 6.61 Å². The molecule has 0 saturated carbocycles. The molecule has 1 saturated heterocycles. The van der Waals surface area contributed by atoms with Crippen LogP contribution in [0, 0.1) is 0 Å². The number of hydrogen-bond donors (Lipinski definition) is 1. The van der Waals surface area contributed by atoms with Gasteiger partial charge in [0.15, 0.2) is 0 Å². The Morgan fingerprint density at radius 3 is 2.57 bits per heavy atom. The van der Waals surface area contributed by atoms with E-state index in [1.165, 1.54) is 0 Å². The van der Waals surface area contributed by atoms with Crippen LogP contribution in [-0.4, -0.2) is 63.3 Å². The Kier molecular flexibility index (Phi) is 5.85. The molecule has 1 aliphatic rings. The highest BCUT2D eigenvalue weighted by molar-refractivity contribution is 5.42. The second kappa shape index (κ2) is 7.64. The number of methoxy groups -OCH3 is 1. The molecule has 1 aromatic rings. The Hall–Kier alpha value is -1.30. The van der Waals surface area contributed by atoms with Crippen molar-refractivity contribution in [2.24, 2.45) is 5.73 Å². The SMILES string of the molecule is COc1ccc([C@@H](C)N)c(OCCN2CCN(C)CC2)c1. The summed E-state index contributed by atoms with van der Waals surface area (Å²) in [6.07, 6.45) is 0. The molecule has 5 nitrogen and oxygen atoms in total. The highest BCUT2D eigenvalue weighted by atomic mass is 16.5. The van der Waals surface area contributed by atoms with Crippen molar-refractivity contribution in [1.29, 1.82) is 0 Å². The average Bonchev–Trinajstić information content (AvgIpc) is 2.49. The largest absolute Gasteiger partial charge is 0.497 e. The lowest BCUT2D eigenvalue weighted by molar-refractivity contribution is 0.133. The van der Waals surface area contributed by atoms with Crippen molar-refractivity contribution in [1.82, 2.24) is 9.80 Å². The Morgan fingerprint density at radius 1 is 1.24 bits per heavy atom. The van der Waals surface area contributed by atoms with Crippen LogP contribution in [0.3, 0.4) is 0 Å². The van der Waals surface area contributed by atoms with Crippen molar-refractivity contribution in [3.8, 4) is 11.5 Å². The van der Waals surface area contributed by atoms with Gasteiger partial charge in [0.05, 0.1) is 7.11 Å². The highest BCUT2D eigenvalue weighted by Gasteiger charge is 2.14. The second-order valence-corrected chi connectivity index (χ2v) is 5.69. The van der Waals surface area contributed by atoms with E-state index >= 15 is 0 Å². The van der Waals surface area contributed by atoms with E-state index in [1.807, 2.05) is 25.1 Å². The van der Waals surface area contributed by atoms with E-state index in [1.54, 1.807) is 7.11 Å². The van der Waals surface area contributed by atoms with Crippen molar-refractivity contribution in [2.75, 3.05) is 53.5 Å². The predicted octanol–water partition coefficient (Wildman–Crippen LogP) is 1.34. The van der Waals surface area contributed by atoms with Crippen LogP contribution in [0.4, 0.5) is 0 Å². The number of nitrogens with zero attached hydrogens (tertiary/aromatic N) is 2. The maximum Gasteiger partial charge on any atom is 0.127 e. The van der Waals surface area contributed by atoms with Crippen LogP contribution in [0.15, 0.2) is 18.2 Å². The lowest BCUT2D eigenvalue weighted by Crippen LogP contribution is -2.45. The van der Waals surface area contributed by atoms with Crippen LogP contribution in [0.1, 0.15) is 18.5 Å². The Labute approximate surface area is 127 Å². The van der Waals surface area contributed by atoms with Gasteiger partial charge >= 0.3 is 0 Å². The molecule has 1 atom stereocenters. The Bertz CT molecular complexity index is 443. The molecule has 0 radical (unpaired) electrons. The third kappa shape index (κ3) is 4.59. The predicted molar refractivity (Wildman–Crippen MR) is 85.0 cm³/mol. The first-order valence-corrected chi connectivity index (χ1v) is 7.57. The fraction of sp³-hybridized carbons (Fsp3) is 0.625. The standard InChI is InChI=1S/C16H27N3O2/c1-13(17)15-5-4-14(20-3)12-16(15)21-11-10-19-8-6-18(2)7-9-19/h4-5,12-13H,6-11,17H2,1-3H3/t13-/m1/s1. The summed E-state index contributed by atoms with van der Waals surface area (Å²) in [5, 5.41) is 0. The van der Waals surface area contributed by atoms with Crippen LogP contribution < -0.4 is 15.2 Å². The molecule has 0 aliphatic carbocycles. The van der Waals surface area contributed by atoms with Gasteiger partial charge in [0.25, 0.3) is 0 Å². The summed E-state index contributed by atoms with van der Waals surface area (Å²) >= 11 is 0. The summed E-state index contributed by atoms with van der Waals surface area (Å²) in [5.74, 6) is 1.63. The zero-order chi connectivity index (χ0) is 15.2. The number of hydrogen-bond acceptors (Lipinski definition) is 5. The third-order valence-corrected chi connectivity index (χ3v) is 3.97. The second-order valence-electron chi connectivity index (χ2n) is 5.69. The average molecular weight is 293 g/mol. The minimum Gasteiger partial charge on any atom is -0.497 e. The fourth-order valence-corrected chi connectivity index (χ4v) is 2.50. The first kappa shape index (κ1) is 16.1. The van der Waals surface area contributed by atoms with Crippen LogP contribution in [-0.2, 0) is 0 Å². The quantitative estimate of drug-likeness (QED) is 0.858. The summed E-state index contributed by atoms with van der Waals surface area (Å²) < 4.78 is 11.2. The first-order valence-electron chi connectivity index (χ1n) is 7.57. The number of ether oxygens (including phenoxy) is 2. The molecular weight excluding hydrogens is 266 g/mol. The summed E-state index contributed by atoms with van der Waals surface area (Å²) in [5.41, 5.74) is 7.02. The van der Waals surface area contributed by atoms with Crippen molar-refractivity contribution < 1.29 is 9.47 Å². The fourth-order valence-electron chi connectivity index (χ4n) is 2.50. The molecule has 0 aromatic heterocycles. The minimum absolute atomic E-state index is 0.0467. The number of nitrogens with two attached hydrogens (primary N) is 1. The van der Waals surface area contributed by atoms with E-state index in [-0.39, 0.29) is 6.04 Å². The molecule has 0 bridgehead atoms. The number of piperazine rings is 1. The van der Waals surface area contributed by atoms with Gasteiger partial charge < -0.3 is 20.1 Å². The molecule has 1 heterocycles. The summed E-state index contributed by atoms with van der Waals surface area (Å²) in [6.45, 7) is 8.07. The molecular formula is C16H27N3O2. The lowest BCUT2D eigenvalue weighted by Gasteiger charge is -2.32. The summed E-state index contributed by atoms with van der Waals surface area (Å²) in [4.78, 5) is 4.79. The molecule has 1 fully saturated rings. The van der Waals surface area contributed by atoms with Gasteiger partial charge in [-0.1, -0.05) is 6.07 Å². The van der Waals surface area contributed by atoms with Gasteiger partial charge in [0.1, 0.15) is 18.1 Å². The molecule has 0 amide bonds. The maximum atomic E-state index is 6.00. The highest BCUT2D eigenvalue weighted by Crippen LogP contribution is 2.28. The van der Waals surface area contributed by atoms with Crippen molar-refractivity contribution in [3.63, 3.8) is 0 Å². The molecule has 1 aliphatic heterocycles. The van der Waals surface area contributed by atoms with Crippen LogP contribution >= 0.6 is 0 Å². The van der Waals surface area contributed by atoms with Gasteiger partial charge in [0, 0.05) is 50.4 Å². The lowest BCUT2D eigenvalue weighted by atomic mass is 10.1. The monoisotopic (exact) mass is 293 g/mol. The van der Waals surface area contributed by atoms with E-state index in [9.17, 15) is 0 Å². The van der Waals surface area contributed by atoms with Gasteiger partial charge in [-0.15, -0.1) is 0 Å². The summed E-state index contributed by atoms with van der Waals surface area (Å²) in [7, 11) is 3.83. The van der Waals surface area contributed by atoms with Gasteiger partial charge in [0.2, 0.25) is 0 Å². The molecule has 2 rings (SSSR count). The number of benzene rings is 1.